The molecule has 2 aromatic rings. The molecule has 0 bridgehead atoms. The Morgan fingerprint density at radius 3 is 2.53 bits per heavy atom. The Morgan fingerprint density at radius 1 is 1.09 bits per heavy atom. The molecule has 2 saturated heterocycles. The summed E-state index contributed by atoms with van der Waals surface area (Å²) in [6.45, 7) is 8.94. The van der Waals surface area contributed by atoms with E-state index in [2.05, 4.69) is 34.8 Å². The van der Waals surface area contributed by atoms with E-state index in [1.165, 1.54) is 3.63 Å². The topological polar surface area (TPSA) is 103 Å². The van der Waals surface area contributed by atoms with Crippen LogP contribution in [0.15, 0.2) is 46.5 Å². The van der Waals surface area contributed by atoms with E-state index >= 15 is 0 Å². The highest BCUT2D eigenvalue weighted by molar-refractivity contribution is 14.2. The van der Waals surface area contributed by atoms with E-state index in [9.17, 15) is 4.79 Å². The van der Waals surface area contributed by atoms with Gasteiger partial charge in [0.1, 0.15) is 0 Å². The van der Waals surface area contributed by atoms with Crippen LogP contribution < -0.4 is 0 Å². The SMILES string of the molecule is C[C@H]1COCCN1C1=Nc2nc(-c3cccc(C(=O)N=N)c3)ccc2C(N2CCOC[C@@H]2C)=I1. The number of hydrogen-bond acceptors (Lipinski definition) is 8. The quantitative estimate of drug-likeness (QED) is 0.340. The van der Waals surface area contributed by atoms with E-state index in [1.54, 1.807) is 18.2 Å². The third kappa shape index (κ3) is 4.59. The van der Waals surface area contributed by atoms with Gasteiger partial charge in [-0.15, -0.1) is 5.11 Å². The maximum Gasteiger partial charge on any atom is 0.294 e. The van der Waals surface area contributed by atoms with Crippen molar-refractivity contribution in [2.45, 2.75) is 25.9 Å². The van der Waals surface area contributed by atoms with Gasteiger partial charge >= 0.3 is 0 Å². The van der Waals surface area contributed by atoms with Crippen LogP contribution in [0.1, 0.15) is 29.8 Å². The maximum atomic E-state index is 11.9. The van der Waals surface area contributed by atoms with E-state index in [0.29, 0.717) is 30.6 Å². The van der Waals surface area contributed by atoms with Gasteiger partial charge in [0.15, 0.2) is 9.66 Å². The van der Waals surface area contributed by atoms with Gasteiger partial charge in [0.05, 0.1) is 41.8 Å². The van der Waals surface area contributed by atoms with Crippen molar-refractivity contribution in [3.8, 4) is 11.3 Å². The average Bonchev–Trinajstić information content (AvgIpc) is 2.88. The second-order valence-electron chi connectivity index (χ2n) is 8.57. The molecular formula is C24H27IN6O3. The third-order valence-corrected chi connectivity index (χ3v) is 9.26. The van der Waals surface area contributed by atoms with Crippen LogP contribution in [0.4, 0.5) is 5.82 Å². The average molecular weight is 574 g/mol. The first kappa shape index (κ1) is 23.3. The van der Waals surface area contributed by atoms with Crippen molar-refractivity contribution in [3.05, 3.63) is 47.5 Å². The Balaban J connectivity index is 1.58. The molecule has 0 spiro atoms. The second-order valence-corrected chi connectivity index (χ2v) is 11.1. The Bertz CT molecular complexity index is 1180. The number of aliphatic imine (C=N–C) groups is 1. The first-order valence-corrected chi connectivity index (χ1v) is 13.5. The van der Waals surface area contributed by atoms with E-state index in [1.807, 2.05) is 12.1 Å². The van der Waals surface area contributed by atoms with Crippen LogP contribution in [0.2, 0.25) is 0 Å². The molecule has 4 heterocycles. The van der Waals surface area contributed by atoms with Crippen LogP contribution in [0.25, 0.3) is 11.3 Å². The van der Waals surface area contributed by atoms with E-state index in [-0.39, 0.29) is 6.04 Å². The number of amidine groups is 1. The molecular weight excluding hydrogens is 547 g/mol. The monoisotopic (exact) mass is 574 g/mol. The number of ether oxygens (including phenoxy) is 2. The van der Waals surface area contributed by atoms with Gasteiger partial charge in [-0.2, -0.15) is 0 Å². The normalized spacial score (nSPS) is 23.3. The van der Waals surface area contributed by atoms with Crippen LogP contribution in [0.5, 0.6) is 0 Å². The molecule has 9 nitrogen and oxygen atoms in total. The first-order chi connectivity index (χ1) is 16.5. The molecule has 2 atom stereocenters. The molecule has 0 unspecified atom stereocenters. The number of halogens is 1. The fraction of sp³-hybridized carbons (Fsp3) is 0.417. The minimum Gasteiger partial charge on any atom is -0.378 e. The zero-order valence-electron chi connectivity index (χ0n) is 19.2. The summed E-state index contributed by atoms with van der Waals surface area (Å²) in [4.78, 5) is 26.8. The number of pyridine rings is 1. The lowest BCUT2D eigenvalue weighted by atomic mass is 10.1. The fourth-order valence-corrected chi connectivity index (χ4v) is 7.89. The number of amides is 1. The number of aromatic nitrogens is 1. The number of morpholine rings is 2. The van der Waals surface area contributed by atoms with Gasteiger partial charge in [0.2, 0.25) is 0 Å². The number of rotatable bonds is 3. The van der Waals surface area contributed by atoms with Crippen LogP contribution in [0.3, 0.4) is 0 Å². The summed E-state index contributed by atoms with van der Waals surface area (Å²) in [5, 5.41) is 3.04. The van der Waals surface area contributed by atoms with E-state index < -0.39 is 26.6 Å². The van der Waals surface area contributed by atoms with Crippen molar-refractivity contribution in [3.63, 3.8) is 0 Å². The van der Waals surface area contributed by atoms with Gasteiger partial charge in [0.25, 0.3) is 5.91 Å². The van der Waals surface area contributed by atoms with Gasteiger partial charge in [0, 0.05) is 35.8 Å². The minimum absolute atomic E-state index is 0.275. The summed E-state index contributed by atoms with van der Waals surface area (Å²) < 4.78 is 13.8. The van der Waals surface area contributed by atoms with Crippen molar-refractivity contribution in [2.75, 3.05) is 39.5 Å². The van der Waals surface area contributed by atoms with Crippen LogP contribution in [0, 0.1) is 5.53 Å². The Hall–Kier alpha value is -2.41. The minimum atomic E-state index is -0.567. The Morgan fingerprint density at radius 2 is 1.82 bits per heavy atom. The largest absolute Gasteiger partial charge is 0.378 e. The number of carbonyl (C=O) groups is 1. The van der Waals surface area contributed by atoms with Crippen molar-refractivity contribution in [1.82, 2.24) is 14.8 Å². The van der Waals surface area contributed by atoms with Crippen molar-refractivity contribution >= 4 is 39.9 Å². The lowest BCUT2D eigenvalue weighted by Gasteiger charge is -2.38. The summed E-state index contributed by atoms with van der Waals surface area (Å²) >= 11 is -0.503. The number of benzene rings is 1. The number of fused-ring (bicyclic) bond motifs is 1. The van der Waals surface area contributed by atoms with Crippen LogP contribution in [-0.2, 0) is 9.47 Å². The first-order valence-electron chi connectivity index (χ1n) is 11.4. The predicted molar refractivity (Wildman–Crippen MR) is 138 cm³/mol. The van der Waals surface area contributed by atoms with E-state index in [0.717, 1.165) is 47.0 Å². The van der Waals surface area contributed by atoms with Crippen molar-refractivity contribution in [1.29, 1.82) is 5.53 Å². The summed E-state index contributed by atoms with van der Waals surface area (Å²) in [5.41, 5.74) is 10.0. The van der Waals surface area contributed by atoms with E-state index in [4.69, 9.17) is 25.0 Å². The van der Waals surface area contributed by atoms with Crippen molar-refractivity contribution in [2.24, 2.45) is 10.1 Å². The van der Waals surface area contributed by atoms with Gasteiger partial charge in [-0.3, -0.25) is 9.69 Å². The smallest absolute Gasteiger partial charge is 0.294 e. The highest BCUT2D eigenvalue weighted by Gasteiger charge is 2.31. The Kier molecular flexibility index (Phi) is 6.91. The van der Waals surface area contributed by atoms with Crippen molar-refractivity contribution < 1.29 is 14.3 Å². The molecule has 0 radical (unpaired) electrons. The molecule has 10 heteroatoms. The van der Waals surface area contributed by atoms with Crippen LogP contribution >= 0.6 is 20.7 Å². The molecule has 178 valence electrons. The lowest BCUT2D eigenvalue weighted by Crippen LogP contribution is -2.49. The standard InChI is InChI=1S/C24H27IN6O3/c1-15-13-33-10-8-30(15)21-19-6-7-20(17-4-3-5-18(12-17)23(32)29-26)27-22(19)28-24(25-21)31-9-11-34-14-16(31)2/h3-7,12,15-16,26H,8-11,13-14H2,1-2H3/t15-,16-/m0/s1. The van der Waals surface area contributed by atoms with Gasteiger partial charge < -0.3 is 14.4 Å². The number of hydrogen-bond donors (Lipinski definition) is 1. The zero-order chi connectivity index (χ0) is 23.7. The fourth-order valence-electron chi connectivity index (χ4n) is 4.32. The summed E-state index contributed by atoms with van der Waals surface area (Å²) in [7, 11) is 0. The highest BCUT2D eigenvalue weighted by Crippen LogP contribution is 2.35. The van der Waals surface area contributed by atoms with Gasteiger partial charge in [-0.25, -0.2) is 15.5 Å². The van der Waals surface area contributed by atoms with Gasteiger partial charge in [-0.1, -0.05) is 12.1 Å². The predicted octanol–water partition coefficient (Wildman–Crippen LogP) is 3.81. The molecule has 3 aliphatic rings. The van der Waals surface area contributed by atoms with Crippen LogP contribution in [-0.4, -0.2) is 79.8 Å². The number of nitrogens with one attached hydrogen (secondary N) is 1. The number of carbonyl (C=O) groups excluding carboxylic acids is 1. The molecule has 34 heavy (non-hydrogen) atoms. The van der Waals surface area contributed by atoms with Gasteiger partial charge in [-0.05, 0) is 58.8 Å². The number of nitrogens with zero attached hydrogens (tertiary/aromatic N) is 5. The molecule has 3 aliphatic heterocycles. The zero-order valence-corrected chi connectivity index (χ0v) is 21.4. The molecule has 0 aliphatic carbocycles. The summed E-state index contributed by atoms with van der Waals surface area (Å²) in [6, 6.07) is 11.8. The third-order valence-electron chi connectivity index (χ3n) is 6.20. The summed E-state index contributed by atoms with van der Waals surface area (Å²) in [6.07, 6.45) is 0. The molecule has 1 aromatic carbocycles. The molecule has 2 fully saturated rings. The Labute approximate surface area is 208 Å². The molecule has 1 amide bonds. The highest BCUT2D eigenvalue weighted by atomic mass is 127. The lowest BCUT2D eigenvalue weighted by molar-refractivity contribution is 0.0345. The maximum absolute atomic E-state index is 11.9. The second kappa shape index (κ2) is 10.1. The molecule has 1 N–H and O–H groups in total. The molecule has 5 rings (SSSR count). The molecule has 1 aromatic heterocycles. The summed E-state index contributed by atoms with van der Waals surface area (Å²) in [5.74, 6) is 0.149. The molecule has 0 saturated carbocycles.